The topological polar surface area (TPSA) is 59.7 Å². The molecule has 0 radical (unpaired) electrons. The molecule has 3 rings (SSSR count). The van der Waals surface area contributed by atoms with E-state index in [0.717, 1.165) is 19.6 Å². The average molecular weight is 380 g/mol. The number of hydrogen-bond donors (Lipinski definition) is 1. The molecule has 5 heteroatoms. The molecule has 1 heterocycles. The van der Waals surface area contributed by atoms with E-state index in [1.165, 1.54) is 30.5 Å². The highest BCUT2D eigenvalue weighted by molar-refractivity contribution is 5.53. The fourth-order valence-electron chi connectivity index (χ4n) is 3.67. The first-order valence-electron chi connectivity index (χ1n) is 9.98. The fourth-order valence-corrected chi connectivity index (χ4v) is 3.67. The molecular weight excluding hydrogens is 350 g/mol. The van der Waals surface area contributed by atoms with Crippen LogP contribution in [0.15, 0.2) is 48.5 Å². The first-order chi connectivity index (χ1) is 13.7. The number of aliphatic hydroxyl groups excluding tert-OH is 1. The van der Waals surface area contributed by atoms with Gasteiger partial charge in [0.1, 0.15) is 18.5 Å². The van der Waals surface area contributed by atoms with Crippen molar-refractivity contribution in [1.82, 2.24) is 4.90 Å². The molecule has 0 unspecified atom stereocenters. The third-order valence-electron chi connectivity index (χ3n) is 5.08. The minimum absolute atomic E-state index is 0.226. The molecule has 1 saturated heterocycles. The van der Waals surface area contributed by atoms with E-state index in [2.05, 4.69) is 40.1 Å². The van der Waals surface area contributed by atoms with Crippen LogP contribution in [0.1, 0.15) is 30.4 Å². The minimum atomic E-state index is -0.581. The lowest BCUT2D eigenvalue weighted by Crippen LogP contribution is -2.34. The molecule has 5 nitrogen and oxygen atoms in total. The van der Waals surface area contributed by atoms with Gasteiger partial charge >= 0.3 is 0 Å². The second-order valence-electron chi connectivity index (χ2n) is 7.47. The van der Waals surface area contributed by atoms with Crippen molar-refractivity contribution < 1.29 is 9.84 Å². The molecule has 0 bridgehead atoms. The van der Waals surface area contributed by atoms with Crippen LogP contribution < -0.4 is 9.64 Å². The number of rotatable bonds is 8. The molecule has 0 spiro atoms. The van der Waals surface area contributed by atoms with Gasteiger partial charge in [-0.25, -0.2) is 0 Å². The zero-order valence-corrected chi connectivity index (χ0v) is 16.6. The van der Waals surface area contributed by atoms with Gasteiger partial charge in [-0.1, -0.05) is 18.2 Å². The summed E-state index contributed by atoms with van der Waals surface area (Å²) in [6.45, 7) is 3.80. The van der Waals surface area contributed by atoms with Crippen molar-refractivity contribution in [2.45, 2.75) is 31.9 Å². The van der Waals surface area contributed by atoms with Gasteiger partial charge < -0.3 is 14.7 Å². The van der Waals surface area contributed by atoms with Gasteiger partial charge in [0.25, 0.3) is 0 Å². The lowest BCUT2D eigenvalue weighted by Gasteiger charge is -2.31. The standard InChI is InChI=1S/C23H29N3O2/c1-25(17-21(27)18-28-22-11-9-19(15-24)10-12-22)16-20-7-3-4-8-23(20)26-13-5-2-6-14-26/h3-4,7-12,21,27H,2,5-6,13-14,16-18H2,1H3/t21-/m0/s1. The van der Waals surface area contributed by atoms with Gasteiger partial charge in [0.05, 0.1) is 11.6 Å². The van der Waals surface area contributed by atoms with Crippen LogP contribution in [-0.4, -0.2) is 49.4 Å². The van der Waals surface area contributed by atoms with Gasteiger partial charge in [-0.05, 0) is 62.2 Å². The Kier molecular flexibility index (Phi) is 7.30. The smallest absolute Gasteiger partial charge is 0.119 e. The number of piperidine rings is 1. The average Bonchev–Trinajstić information content (AvgIpc) is 2.73. The number of nitriles is 1. The fraction of sp³-hybridized carbons (Fsp3) is 0.435. The molecule has 1 aliphatic rings. The van der Waals surface area contributed by atoms with Crippen molar-refractivity contribution >= 4 is 5.69 Å². The van der Waals surface area contributed by atoms with Crippen LogP contribution in [0.3, 0.4) is 0 Å². The van der Waals surface area contributed by atoms with Crippen LogP contribution in [0.5, 0.6) is 5.75 Å². The number of ether oxygens (including phenoxy) is 1. The maximum Gasteiger partial charge on any atom is 0.119 e. The van der Waals surface area contributed by atoms with Gasteiger partial charge in [-0.2, -0.15) is 5.26 Å². The largest absolute Gasteiger partial charge is 0.491 e. The second-order valence-corrected chi connectivity index (χ2v) is 7.47. The van der Waals surface area contributed by atoms with Crippen LogP contribution in [0.25, 0.3) is 0 Å². The Labute approximate surface area is 167 Å². The van der Waals surface area contributed by atoms with E-state index >= 15 is 0 Å². The molecule has 1 N–H and O–H groups in total. The molecule has 0 amide bonds. The van der Waals surface area contributed by atoms with Crippen LogP contribution in [-0.2, 0) is 6.54 Å². The first kappa shape index (κ1) is 20.2. The summed E-state index contributed by atoms with van der Waals surface area (Å²) in [5.74, 6) is 0.663. The summed E-state index contributed by atoms with van der Waals surface area (Å²) in [7, 11) is 2.03. The minimum Gasteiger partial charge on any atom is -0.491 e. The number of nitrogens with zero attached hydrogens (tertiary/aromatic N) is 3. The van der Waals surface area contributed by atoms with Gasteiger partial charge in [0.15, 0.2) is 0 Å². The van der Waals surface area contributed by atoms with Crippen LogP contribution >= 0.6 is 0 Å². The number of hydrogen-bond acceptors (Lipinski definition) is 5. The van der Waals surface area contributed by atoms with Crippen molar-refractivity contribution in [2.24, 2.45) is 0 Å². The number of benzene rings is 2. The molecule has 0 saturated carbocycles. The molecule has 28 heavy (non-hydrogen) atoms. The SMILES string of the molecule is CN(Cc1ccccc1N1CCCCC1)C[C@H](O)COc1ccc(C#N)cc1. The third-order valence-corrected chi connectivity index (χ3v) is 5.08. The number of para-hydroxylation sites is 1. The summed E-state index contributed by atoms with van der Waals surface area (Å²) in [6.07, 6.45) is 3.26. The van der Waals surface area contributed by atoms with E-state index in [1.54, 1.807) is 24.3 Å². The predicted molar refractivity (Wildman–Crippen MR) is 111 cm³/mol. The van der Waals surface area contributed by atoms with Gasteiger partial charge in [-0.15, -0.1) is 0 Å². The van der Waals surface area contributed by atoms with E-state index < -0.39 is 6.10 Å². The number of anilines is 1. The molecule has 1 aliphatic heterocycles. The molecule has 1 atom stereocenters. The number of aliphatic hydroxyl groups is 1. The normalized spacial score (nSPS) is 15.3. The Bertz CT molecular complexity index is 779. The molecule has 0 aliphatic carbocycles. The Morgan fingerprint density at radius 1 is 1.11 bits per heavy atom. The lowest BCUT2D eigenvalue weighted by atomic mass is 10.1. The maximum absolute atomic E-state index is 10.3. The van der Waals surface area contributed by atoms with Crippen LogP contribution in [0.2, 0.25) is 0 Å². The highest BCUT2D eigenvalue weighted by Gasteiger charge is 2.16. The van der Waals surface area contributed by atoms with Crippen molar-refractivity contribution in [2.75, 3.05) is 38.2 Å². The monoisotopic (exact) mass is 379 g/mol. The molecule has 1 fully saturated rings. The Morgan fingerprint density at radius 2 is 1.82 bits per heavy atom. The summed E-state index contributed by atoms with van der Waals surface area (Å²) in [6, 6.07) is 17.6. The summed E-state index contributed by atoms with van der Waals surface area (Å²) in [5.41, 5.74) is 3.21. The van der Waals surface area contributed by atoms with Crippen molar-refractivity contribution in [3.63, 3.8) is 0 Å². The summed E-state index contributed by atoms with van der Waals surface area (Å²) in [4.78, 5) is 4.62. The highest BCUT2D eigenvalue weighted by atomic mass is 16.5. The maximum atomic E-state index is 10.3. The second kappa shape index (κ2) is 10.1. The van der Waals surface area contributed by atoms with E-state index in [9.17, 15) is 5.11 Å². The van der Waals surface area contributed by atoms with Crippen molar-refractivity contribution in [1.29, 1.82) is 5.26 Å². The summed E-state index contributed by atoms with van der Waals surface area (Å²) >= 11 is 0. The summed E-state index contributed by atoms with van der Waals surface area (Å²) < 4.78 is 5.64. The molecule has 2 aromatic rings. The van der Waals surface area contributed by atoms with Crippen molar-refractivity contribution in [3.8, 4) is 11.8 Å². The zero-order valence-electron chi connectivity index (χ0n) is 16.6. The molecular formula is C23H29N3O2. The van der Waals surface area contributed by atoms with Gasteiger partial charge in [-0.3, -0.25) is 4.90 Å². The van der Waals surface area contributed by atoms with E-state index in [4.69, 9.17) is 10.00 Å². The van der Waals surface area contributed by atoms with E-state index in [0.29, 0.717) is 17.9 Å². The number of likely N-dealkylation sites (N-methyl/N-ethyl adjacent to an activating group) is 1. The van der Waals surface area contributed by atoms with Crippen molar-refractivity contribution in [3.05, 3.63) is 59.7 Å². The van der Waals surface area contributed by atoms with Gasteiger partial charge in [0, 0.05) is 31.9 Å². The van der Waals surface area contributed by atoms with Crippen LogP contribution in [0.4, 0.5) is 5.69 Å². The summed E-state index contributed by atoms with van der Waals surface area (Å²) in [5, 5.41) is 19.2. The predicted octanol–water partition coefficient (Wildman–Crippen LogP) is 3.42. The highest BCUT2D eigenvalue weighted by Crippen LogP contribution is 2.25. The molecule has 0 aromatic heterocycles. The Hall–Kier alpha value is -2.55. The van der Waals surface area contributed by atoms with E-state index in [-0.39, 0.29) is 6.61 Å². The quantitative estimate of drug-likeness (QED) is 0.762. The third kappa shape index (κ3) is 5.72. The molecule has 148 valence electrons. The Morgan fingerprint density at radius 3 is 2.54 bits per heavy atom. The lowest BCUT2D eigenvalue weighted by molar-refractivity contribution is 0.0744. The Balaban J connectivity index is 1.50. The molecule has 2 aromatic carbocycles. The van der Waals surface area contributed by atoms with E-state index in [1.807, 2.05) is 7.05 Å². The van der Waals surface area contributed by atoms with Crippen LogP contribution in [0, 0.1) is 11.3 Å². The van der Waals surface area contributed by atoms with Gasteiger partial charge in [0.2, 0.25) is 0 Å². The zero-order chi connectivity index (χ0) is 19.8. The first-order valence-corrected chi connectivity index (χ1v) is 9.98.